The Balaban J connectivity index is 1.60. The van der Waals surface area contributed by atoms with Crippen LogP contribution in [0, 0.1) is 40.4 Å². The summed E-state index contributed by atoms with van der Waals surface area (Å²) < 4.78 is 0. The summed E-state index contributed by atoms with van der Waals surface area (Å²) in [5, 5.41) is 11.2. The Morgan fingerprint density at radius 3 is 2.44 bits per heavy atom. The van der Waals surface area contributed by atoms with Gasteiger partial charge in [-0.3, -0.25) is 4.79 Å². The Labute approximate surface area is 166 Å². The van der Waals surface area contributed by atoms with Gasteiger partial charge in [-0.2, -0.15) is 0 Å². The number of Topliss-reactive ketones (excluding diaryl/α,β-unsaturated/α-hetero) is 1. The summed E-state index contributed by atoms with van der Waals surface area (Å²) in [6.07, 6.45) is 14.4. The van der Waals surface area contributed by atoms with Gasteiger partial charge in [0.25, 0.3) is 0 Å². The van der Waals surface area contributed by atoms with Crippen molar-refractivity contribution < 1.29 is 9.90 Å². The zero-order valence-corrected chi connectivity index (χ0v) is 18.2. The van der Waals surface area contributed by atoms with E-state index >= 15 is 0 Å². The third-order valence-corrected chi connectivity index (χ3v) is 10.4. The number of ketones is 1. The van der Waals surface area contributed by atoms with Crippen LogP contribution in [0.3, 0.4) is 0 Å². The number of carbonyl (C=O) groups excluding carboxylic acids is 1. The normalized spacial score (nSPS) is 52.0. The maximum Gasteiger partial charge on any atom is 0.133 e. The highest BCUT2D eigenvalue weighted by atomic mass is 16.3. The Kier molecular flexibility index (Phi) is 5.06. The fourth-order valence-electron chi connectivity index (χ4n) is 9.20. The molecular weight excluding hydrogens is 332 g/mol. The fraction of sp³-hybridized carbons (Fsp3) is 0.960. The first-order valence-electron chi connectivity index (χ1n) is 12.0. The summed E-state index contributed by atoms with van der Waals surface area (Å²) in [7, 11) is 0. The first-order valence-corrected chi connectivity index (χ1v) is 12.0. The number of rotatable bonds is 4. The fourth-order valence-corrected chi connectivity index (χ4v) is 9.20. The molecule has 0 unspecified atom stereocenters. The van der Waals surface area contributed by atoms with Gasteiger partial charge in [0.05, 0.1) is 5.60 Å². The highest BCUT2D eigenvalue weighted by molar-refractivity contribution is 5.79. The topological polar surface area (TPSA) is 37.3 Å². The molecule has 4 rings (SSSR count). The van der Waals surface area contributed by atoms with E-state index in [0.29, 0.717) is 17.1 Å². The molecule has 0 aromatic rings. The second kappa shape index (κ2) is 6.85. The molecule has 4 aliphatic carbocycles. The molecule has 0 aromatic carbocycles. The van der Waals surface area contributed by atoms with E-state index in [9.17, 15) is 9.90 Å². The summed E-state index contributed by atoms with van der Waals surface area (Å²) in [5.74, 6) is 3.94. The summed E-state index contributed by atoms with van der Waals surface area (Å²) >= 11 is 0. The molecule has 4 aliphatic rings. The van der Waals surface area contributed by atoms with E-state index < -0.39 is 0 Å². The predicted molar refractivity (Wildman–Crippen MR) is 110 cm³/mol. The SMILES string of the molecule is CCC[C@@]1(O)CC[C@@]2(CC)[C@H](CC[C@H]3[C@@H]4CC[C@H](C(C)=O)[C@@]4(C)CC[C@@H]32)C1. The smallest absolute Gasteiger partial charge is 0.133 e. The van der Waals surface area contributed by atoms with E-state index in [1.165, 1.54) is 44.9 Å². The van der Waals surface area contributed by atoms with E-state index in [1.807, 2.05) is 6.92 Å². The number of aliphatic hydroxyl groups is 1. The lowest BCUT2D eigenvalue weighted by Crippen LogP contribution is -2.57. The van der Waals surface area contributed by atoms with Crippen LogP contribution in [-0.2, 0) is 4.79 Å². The second-order valence-corrected chi connectivity index (χ2v) is 11.2. The van der Waals surface area contributed by atoms with E-state index in [2.05, 4.69) is 20.8 Å². The largest absolute Gasteiger partial charge is 0.390 e. The lowest BCUT2D eigenvalue weighted by atomic mass is 9.42. The highest BCUT2D eigenvalue weighted by Crippen LogP contribution is 2.69. The molecule has 4 saturated carbocycles. The molecule has 0 saturated heterocycles. The van der Waals surface area contributed by atoms with E-state index in [-0.39, 0.29) is 11.0 Å². The minimum atomic E-state index is -0.388. The van der Waals surface area contributed by atoms with Crippen LogP contribution < -0.4 is 0 Å². The predicted octanol–water partition coefficient (Wildman–Crippen LogP) is 6.16. The van der Waals surface area contributed by atoms with Crippen molar-refractivity contribution in [2.45, 2.75) is 110 Å². The number of hydrogen-bond donors (Lipinski definition) is 1. The van der Waals surface area contributed by atoms with Gasteiger partial charge in [0, 0.05) is 5.92 Å². The molecule has 2 heteroatoms. The molecule has 8 atom stereocenters. The van der Waals surface area contributed by atoms with Crippen molar-refractivity contribution in [2.24, 2.45) is 40.4 Å². The van der Waals surface area contributed by atoms with Crippen molar-refractivity contribution in [3.05, 3.63) is 0 Å². The monoisotopic (exact) mass is 374 g/mol. The molecule has 0 bridgehead atoms. The van der Waals surface area contributed by atoms with Crippen molar-refractivity contribution >= 4 is 5.78 Å². The number of carbonyl (C=O) groups is 1. The third-order valence-electron chi connectivity index (χ3n) is 10.4. The van der Waals surface area contributed by atoms with E-state index in [4.69, 9.17) is 0 Å². The van der Waals surface area contributed by atoms with Crippen LogP contribution in [-0.4, -0.2) is 16.5 Å². The van der Waals surface area contributed by atoms with Crippen LogP contribution in [0.1, 0.15) is 105 Å². The summed E-state index contributed by atoms with van der Waals surface area (Å²) in [6, 6.07) is 0. The summed E-state index contributed by atoms with van der Waals surface area (Å²) in [5.41, 5.74) is 0.353. The molecule has 0 amide bonds. The number of hydrogen-bond acceptors (Lipinski definition) is 2. The van der Waals surface area contributed by atoms with Gasteiger partial charge in [-0.1, -0.05) is 27.2 Å². The lowest BCUT2D eigenvalue weighted by molar-refractivity contribution is -0.163. The van der Waals surface area contributed by atoms with Gasteiger partial charge in [0.15, 0.2) is 0 Å². The van der Waals surface area contributed by atoms with E-state index in [1.54, 1.807) is 0 Å². The standard InChI is InChI=1S/C25H42O2/c1-5-12-24(27)14-15-25(6-2)18(16-24)7-8-19-21-10-9-20(17(3)26)23(21,4)13-11-22(19)25/h18-22,27H,5-16H2,1-4H3/t18-,19+,20-,21+,22+,23-,24-,25+/m1/s1. The van der Waals surface area contributed by atoms with Gasteiger partial charge in [0.2, 0.25) is 0 Å². The van der Waals surface area contributed by atoms with Gasteiger partial charge in [-0.15, -0.1) is 0 Å². The minimum Gasteiger partial charge on any atom is -0.390 e. The molecule has 1 N–H and O–H groups in total. The van der Waals surface area contributed by atoms with Gasteiger partial charge in [0.1, 0.15) is 5.78 Å². The Bertz CT molecular complexity index is 585. The van der Waals surface area contributed by atoms with Gasteiger partial charge < -0.3 is 5.11 Å². The number of fused-ring (bicyclic) bond motifs is 5. The second-order valence-electron chi connectivity index (χ2n) is 11.2. The molecule has 2 nitrogen and oxygen atoms in total. The maximum atomic E-state index is 12.3. The first kappa shape index (κ1) is 19.9. The molecule has 0 heterocycles. The zero-order chi connectivity index (χ0) is 19.4. The first-order chi connectivity index (χ1) is 12.8. The molecule has 0 aliphatic heterocycles. The van der Waals surface area contributed by atoms with Crippen molar-refractivity contribution in [1.82, 2.24) is 0 Å². The quantitative estimate of drug-likeness (QED) is 0.640. The van der Waals surface area contributed by atoms with Crippen molar-refractivity contribution in [2.75, 3.05) is 0 Å². The van der Waals surface area contributed by atoms with Crippen molar-refractivity contribution in [1.29, 1.82) is 0 Å². The minimum absolute atomic E-state index is 0.270. The average molecular weight is 375 g/mol. The lowest BCUT2D eigenvalue weighted by Gasteiger charge is -2.63. The Morgan fingerprint density at radius 1 is 1.00 bits per heavy atom. The van der Waals surface area contributed by atoms with Crippen LogP contribution >= 0.6 is 0 Å². The highest BCUT2D eigenvalue weighted by Gasteiger charge is 2.62. The molecule has 4 fully saturated rings. The van der Waals surface area contributed by atoms with Crippen LogP contribution in [0.15, 0.2) is 0 Å². The molecule has 0 aromatic heterocycles. The third kappa shape index (κ3) is 2.87. The van der Waals surface area contributed by atoms with Gasteiger partial charge in [-0.05, 0) is 112 Å². The van der Waals surface area contributed by atoms with Crippen LogP contribution in [0.2, 0.25) is 0 Å². The molecular formula is C25H42O2. The molecule has 0 radical (unpaired) electrons. The Hall–Kier alpha value is -0.370. The summed E-state index contributed by atoms with van der Waals surface area (Å²) in [4.78, 5) is 12.3. The zero-order valence-electron chi connectivity index (χ0n) is 18.2. The van der Waals surface area contributed by atoms with Crippen molar-refractivity contribution in [3.63, 3.8) is 0 Å². The van der Waals surface area contributed by atoms with E-state index in [0.717, 1.165) is 55.8 Å². The summed E-state index contributed by atoms with van der Waals surface area (Å²) in [6.45, 7) is 8.94. The van der Waals surface area contributed by atoms with Crippen LogP contribution in [0.5, 0.6) is 0 Å². The Morgan fingerprint density at radius 2 is 1.78 bits per heavy atom. The molecule has 154 valence electrons. The molecule has 0 spiro atoms. The van der Waals surface area contributed by atoms with Crippen LogP contribution in [0.25, 0.3) is 0 Å². The average Bonchev–Trinajstić information content (AvgIpc) is 2.99. The maximum absolute atomic E-state index is 12.3. The molecule has 27 heavy (non-hydrogen) atoms. The van der Waals surface area contributed by atoms with Crippen LogP contribution in [0.4, 0.5) is 0 Å². The van der Waals surface area contributed by atoms with Crippen molar-refractivity contribution in [3.8, 4) is 0 Å². The van der Waals surface area contributed by atoms with Gasteiger partial charge in [-0.25, -0.2) is 0 Å². The van der Waals surface area contributed by atoms with Gasteiger partial charge >= 0.3 is 0 Å².